The van der Waals surface area contributed by atoms with Crippen molar-refractivity contribution < 1.29 is 4.79 Å². The van der Waals surface area contributed by atoms with Crippen LogP contribution in [0.15, 0.2) is 30.3 Å². The van der Waals surface area contributed by atoms with Crippen LogP contribution in [0, 0.1) is 0 Å². The quantitative estimate of drug-likeness (QED) is 0.834. The number of nitrogens with one attached hydrogen (secondary N) is 1. The van der Waals surface area contributed by atoms with E-state index in [4.69, 9.17) is 5.73 Å². The van der Waals surface area contributed by atoms with Crippen molar-refractivity contribution in [3.8, 4) is 0 Å². The average molecular weight is 232 g/mol. The monoisotopic (exact) mass is 232 g/mol. The van der Waals surface area contributed by atoms with Crippen LogP contribution >= 0.6 is 0 Å². The molecule has 1 aromatic carbocycles. The molecule has 0 bridgehead atoms. The van der Waals surface area contributed by atoms with Crippen LogP contribution in [-0.4, -0.2) is 18.5 Å². The molecular formula is C14H20N2O. The third kappa shape index (κ3) is 2.07. The van der Waals surface area contributed by atoms with Crippen molar-refractivity contribution in [2.75, 3.05) is 7.05 Å². The fourth-order valence-electron chi connectivity index (χ4n) is 3.03. The van der Waals surface area contributed by atoms with E-state index >= 15 is 0 Å². The highest BCUT2D eigenvalue weighted by atomic mass is 16.1. The standard InChI is InChI=1S/C14H20N2O/c1-16-14(13(15)17)10-6-5-9-12(14)11-7-3-2-4-8-11/h2-4,7-8,12,16H,5-6,9-10H2,1H3,(H2,15,17). The lowest BCUT2D eigenvalue weighted by atomic mass is 9.69. The molecule has 0 aliphatic heterocycles. The Morgan fingerprint density at radius 1 is 1.35 bits per heavy atom. The summed E-state index contributed by atoms with van der Waals surface area (Å²) in [5, 5.41) is 3.19. The van der Waals surface area contributed by atoms with Crippen molar-refractivity contribution in [3.63, 3.8) is 0 Å². The highest BCUT2D eigenvalue weighted by Crippen LogP contribution is 2.40. The topological polar surface area (TPSA) is 55.1 Å². The number of hydrogen-bond donors (Lipinski definition) is 2. The predicted octanol–water partition coefficient (Wildman–Crippen LogP) is 1.79. The van der Waals surface area contributed by atoms with Crippen molar-refractivity contribution in [2.45, 2.75) is 37.1 Å². The minimum absolute atomic E-state index is 0.194. The lowest BCUT2D eigenvalue weighted by Crippen LogP contribution is -2.59. The average Bonchev–Trinajstić information content (AvgIpc) is 2.39. The summed E-state index contributed by atoms with van der Waals surface area (Å²) in [5.41, 5.74) is 6.28. The smallest absolute Gasteiger partial charge is 0.238 e. The summed E-state index contributed by atoms with van der Waals surface area (Å²) in [5.74, 6) is -0.0338. The van der Waals surface area contributed by atoms with E-state index in [-0.39, 0.29) is 11.8 Å². The fraction of sp³-hybridized carbons (Fsp3) is 0.500. The first-order valence-electron chi connectivity index (χ1n) is 6.24. The molecule has 2 atom stereocenters. The maximum absolute atomic E-state index is 11.9. The molecule has 0 saturated heterocycles. The molecule has 0 aromatic heterocycles. The molecule has 3 nitrogen and oxygen atoms in total. The van der Waals surface area contributed by atoms with Gasteiger partial charge in [-0.05, 0) is 25.5 Å². The third-order valence-electron chi connectivity index (χ3n) is 4.00. The number of benzene rings is 1. The van der Waals surface area contributed by atoms with Crippen molar-refractivity contribution >= 4 is 5.91 Å². The first-order valence-corrected chi connectivity index (χ1v) is 6.24. The van der Waals surface area contributed by atoms with Gasteiger partial charge in [0.25, 0.3) is 0 Å². The molecule has 0 heterocycles. The van der Waals surface area contributed by atoms with E-state index in [0.29, 0.717) is 0 Å². The molecule has 1 fully saturated rings. The normalized spacial score (nSPS) is 28.9. The van der Waals surface area contributed by atoms with Crippen LogP contribution in [-0.2, 0) is 4.79 Å². The largest absolute Gasteiger partial charge is 0.368 e. The van der Waals surface area contributed by atoms with Gasteiger partial charge in [0.05, 0.1) is 0 Å². The van der Waals surface area contributed by atoms with Crippen LogP contribution in [0.3, 0.4) is 0 Å². The Bertz CT molecular complexity index is 390. The molecule has 17 heavy (non-hydrogen) atoms. The second-order valence-corrected chi connectivity index (χ2v) is 4.79. The van der Waals surface area contributed by atoms with Crippen LogP contribution in [0.1, 0.15) is 37.2 Å². The summed E-state index contributed by atoms with van der Waals surface area (Å²) < 4.78 is 0. The fourth-order valence-corrected chi connectivity index (χ4v) is 3.03. The molecule has 1 saturated carbocycles. The zero-order valence-electron chi connectivity index (χ0n) is 10.3. The molecule has 1 aliphatic rings. The van der Waals surface area contributed by atoms with Gasteiger partial charge in [-0.15, -0.1) is 0 Å². The SMILES string of the molecule is CNC1(C(N)=O)CCCCC1c1ccccc1. The molecule has 2 unspecified atom stereocenters. The van der Waals surface area contributed by atoms with Gasteiger partial charge < -0.3 is 11.1 Å². The molecule has 92 valence electrons. The van der Waals surface area contributed by atoms with Crippen LogP contribution in [0.5, 0.6) is 0 Å². The number of amides is 1. The van der Waals surface area contributed by atoms with E-state index < -0.39 is 5.54 Å². The summed E-state index contributed by atoms with van der Waals surface area (Å²) in [6.45, 7) is 0. The van der Waals surface area contributed by atoms with Crippen LogP contribution in [0.4, 0.5) is 0 Å². The molecule has 1 aliphatic carbocycles. The highest BCUT2D eigenvalue weighted by molar-refractivity contribution is 5.86. The van der Waals surface area contributed by atoms with Crippen molar-refractivity contribution in [3.05, 3.63) is 35.9 Å². The van der Waals surface area contributed by atoms with Gasteiger partial charge in [0.2, 0.25) is 5.91 Å². The molecular weight excluding hydrogens is 212 g/mol. The molecule has 1 aromatic rings. The molecule has 0 radical (unpaired) electrons. The number of carbonyl (C=O) groups is 1. The molecule has 2 rings (SSSR count). The van der Waals surface area contributed by atoms with Crippen LogP contribution in [0.25, 0.3) is 0 Å². The van der Waals surface area contributed by atoms with E-state index in [9.17, 15) is 4.79 Å². The summed E-state index contributed by atoms with van der Waals surface area (Å²) in [4.78, 5) is 11.9. The molecule has 3 N–H and O–H groups in total. The number of likely N-dealkylation sites (N-methyl/N-ethyl adjacent to an activating group) is 1. The Morgan fingerprint density at radius 2 is 2.06 bits per heavy atom. The Hall–Kier alpha value is -1.35. The van der Waals surface area contributed by atoms with Gasteiger partial charge >= 0.3 is 0 Å². The Kier molecular flexibility index (Phi) is 3.48. The number of primary amides is 1. The van der Waals surface area contributed by atoms with E-state index in [1.54, 1.807) is 0 Å². The van der Waals surface area contributed by atoms with Gasteiger partial charge in [0.15, 0.2) is 0 Å². The summed E-state index contributed by atoms with van der Waals surface area (Å²) in [6, 6.07) is 10.2. The first kappa shape index (κ1) is 12.1. The van der Waals surface area contributed by atoms with Crippen molar-refractivity contribution in [1.82, 2.24) is 5.32 Å². The Balaban J connectivity index is 2.38. The number of carbonyl (C=O) groups excluding carboxylic acids is 1. The highest BCUT2D eigenvalue weighted by Gasteiger charge is 2.45. The minimum Gasteiger partial charge on any atom is -0.368 e. The molecule has 3 heteroatoms. The van der Waals surface area contributed by atoms with Crippen LogP contribution in [0.2, 0.25) is 0 Å². The predicted molar refractivity (Wildman–Crippen MR) is 68.6 cm³/mol. The van der Waals surface area contributed by atoms with E-state index in [1.165, 1.54) is 5.56 Å². The van der Waals surface area contributed by atoms with E-state index in [1.807, 2.05) is 25.2 Å². The van der Waals surface area contributed by atoms with Crippen LogP contribution < -0.4 is 11.1 Å². The summed E-state index contributed by atoms with van der Waals surface area (Å²) in [7, 11) is 1.84. The zero-order chi connectivity index (χ0) is 12.3. The van der Waals surface area contributed by atoms with Gasteiger partial charge in [-0.25, -0.2) is 0 Å². The second-order valence-electron chi connectivity index (χ2n) is 4.79. The van der Waals surface area contributed by atoms with Gasteiger partial charge in [-0.3, -0.25) is 4.79 Å². The maximum Gasteiger partial charge on any atom is 0.238 e. The number of nitrogens with two attached hydrogens (primary N) is 1. The summed E-state index contributed by atoms with van der Waals surface area (Å²) >= 11 is 0. The Morgan fingerprint density at radius 3 is 2.65 bits per heavy atom. The third-order valence-corrected chi connectivity index (χ3v) is 4.00. The van der Waals surface area contributed by atoms with Crippen molar-refractivity contribution in [1.29, 1.82) is 0 Å². The number of rotatable bonds is 3. The molecule has 0 spiro atoms. The summed E-state index contributed by atoms with van der Waals surface area (Å²) in [6.07, 6.45) is 4.08. The second kappa shape index (κ2) is 4.88. The zero-order valence-corrected chi connectivity index (χ0v) is 10.3. The van der Waals surface area contributed by atoms with E-state index in [2.05, 4.69) is 17.4 Å². The van der Waals surface area contributed by atoms with Gasteiger partial charge in [-0.2, -0.15) is 0 Å². The van der Waals surface area contributed by atoms with Gasteiger partial charge in [-0.1, -0.05) is 43.2 Å². The Labute approximate surface area is 102 Å². The lowest BCUT2D eigenvalue weighted by Gasteiger charge is -2.42. The van der Waals surface area contributed by atoms with Gasteiger partial charge in [0.1, 0.15) is 5.54 Å². The lowest BCUT2D eigenvalue weighted by molar-refractivity contribution is -0.126. The minimum atomic E-state index is -0.570. The molecule has 1 amide bonds. The van der Waals surface area contributed by atoms with E-state index in [0.717, 1.165) is 25.7 Å². The van der Waals surface area contributed by atoms with Gasteiger partial charge in [0, 0.05) is 5.92 Å². The first-order chi connectivity index (χ1) is 8.20. The number of hydrogen-bond acceptors (Lipinski definition) is 2. The van der Waals surface area contributed by atoms with Crippen molar-refractivity contribution in [2.24, 2.45) is 5.73 Å². The maximum atomic E-state index is 11.9.